The van der Waals surface area contributed by atoms with Gasteiger partial charge in [0.15, 0.2) is 11.6 Å². The first-order chi connectivity index (χ1) is 12.7. The van der Waals surface area contributed by atoms with E-state index in [2.05, 4.69) is 40.3 Å². The zero-order chi connectivity index (χ0) is 18.1. The van der Waals surface area contributed by atoms with Crippen LogP contribution in [-0.2, 0) is 24.1 Å². The average molecular weight is 350 g/mol. The molecule has 0 unspecified atom stereocenters. The molecule has 0 saturated carbocycles. The van der Waals surface area contributed by atoms with Crippen molar-refractivity contribution in [2.24, 2.45) is 5.73 Å². The number of aryl methyl sites for hydroxylation is 1. The van der Waals surface area contributed by atoms with E-state index in [-0.39, 0.29) is 12.5 Å². The van der Waals surface area contributed by atoms with Gasteiger partial charge < -0.3 is 5.73 Å². The van der Waals surface area contributed by atoms with Gasteiger partial charge in [0.1, 0.15) is 6.04 Å². The highest BCUT2D eigenvalue weighted by atomic mass is 16.1. The van der Waals surface area contributed by atoms with Crippen LogP contribution in [0.5, 0.6) is 0 Å². The van der Waals surface area contributed by atoms with Gasteiger partial charge in [-0.05, 0) is 48.9 Å². The summed E-state index contributed by atoms with van der Waals surface area (Å²) in [5.74, 6) is 0.806. The summed E-state index contributed by atoms with van der Waals surface area (Å²) in [6.07, 6.45) is 7.81. The van der Waals surface area contributed by atoms with Gasteiger partial charge in [0.05, 0.1) is 12.1 Å². The normalized spacial score (nSPS) is 14.3. The lowest BCUT2D eigenvalue weighted by Crippen LogP contribution is -2.17. The fraction of sp³-hybridized carbons (Fsp3) is 0.368. The van der Waals surface area contributed by atoms with E-state index in [9.17, 15) is 4.79 Å². The molecule has 7 heteroatoms. The summed E-state index contributed by atoms with van der Waals surface area (Å²) >= 11 is 0. The van der Waals surface area contributed by atoms with Crippen molar-refractivity contribution in [3.63, 3.8) is 0 Å². The summed E-state index contributed by atoms with van der Waals surface area (Å²) in [7, 11) is 0. The summed E-state index contributed by atoms with van der Waals surface area (Å²) < 4.78 is 3.77. The Balaban J connectivity index is 1.87. The van der Waals surface area contributed by atoms with Crippen LogP contribution in [0.15, 0.2) is 36.7 Å². The van der Waals surface area contributed by atoms with Crippen molar-refractivity contribution in [2.45, 2.75) is 45.1 Å². The topological polar surface area (TPSA) is 91.6 Å². The molecule has 1 atom stereocenters. The second-order valence-electron chi connectivity index (χ2n) is 6.62. The Bertz CT molecular complexity index is 928. The number of nitrogens with zero attached hydrogens (tertiary/aromatic N) is 5. The van der Waals surface area contributed by atoms with Gasteiger partial charge in [-0.1, -0.05) is 19.1 Å². The summed E-state index contributed by atoms with van der Waals surface area (Å²) in [4.78, 5) is 16.1. The molecule has 0 aliphatic heterocycles. The zero-order valence-corrected chi connectivity index (χ0v) is 14.8. The number of primary amides is 1. The molecule has 7 nitrogen and oxygen atoms in total. The first kappa shape index (κ1) is 16.5. The van der Waals surface area contributed by atoms with Crippen LogP contribution >= 0.6 is 0 Å². The van der Waals surface area contributed by atoms with Gasteiger partial charge in [-0.3, -0.25) is 9.48 Å². The predicted octanol–water partition coefficient (Wildman–Crippen LogP) is 1.98. The molecular weight excluding hydrogens is 328 g/mol. The quantitative estimate of drug-likeness (QED) is 0.736. The Morgan fingerprint density at radius 1 is 1.31 bits per heavy atom. The van der Waals surface area contributed by atoms with Crippen LogP contribution in [0.1, 0.15) is 48.6 Å². The first-order valence-corrected chi connectivity index (χ1v) is 9.01. The van der Waals surface area contributed by atoms with Crippen LogP contribution in [0.4, 0.5) is 0 Å². The highest BCUT2D eigenvalue weighted by Gasteiger charge is 2.25. The molecule has 0 radical (unpaired) electrons. The lowest BCUT2D eigenvalue weighted by Gasteiger charge is -2.17. The Labute approximate surface area is 151 Å². The van der Waals surface area contributed by atoms with E-state index in [4.69, 9.17) is 5.73 Å². The van der Waals surface area contributed by atoms with Crippen molar-refractivity contribution in [1.82, 2.24) is 24.5 Å². The molecule has 2 N–H and O–H groups in total. The lowest BCUT2D eigenvalue weighted by molar-refractivity contribution is -0.117. The van der Waals surface area contributed by atoms with Crippen molar-refractivity contribution < 1.29 is 4.79 Å². The maximum atomic E-state index is 11.4. The second-order valence-corrected chi connectivity index (χ2v) is 6.62. The molecule has 0 spiro atoms. The van der Waals surface area contributed by atoms with Crippen LogP contribution in [0.25, 0.3) is 5.69 Å². The predicted molar refractivity (Wildman–Crippen MR) is 96.9 cm³/mol. The van der Waals surface area contributed by atoms with Gasteiger partial charge in [0.25, 0.3) is 0 Å². The Morgan fingerprint density at radius 3 is 2.92 bits per heavy atom. The molecule has 1 aliphatic rings. The molecule has 4 rings (SSSR count). The smallest absolute Gasteiger partial charge is 0.225 e. The fourth-order valence-electron chi connectivity index (χ4n) is 3.74. The lowest BCUT2D eigenvalue weighted by atomic mass is 10.1. The first-order valence-electron chi connectivity index (χ1n) is 9.01. The third kappa shape index (κ3) is 2.89. The van der Waals surface area contributed by atoms with Crippen LogP contribution in [0.2, 0.25) is 0 Å². The number of nitrogens with two attached hydrogens (primary N) is 1. The van der Waals surface area contributed by atoms with Crippen molar-refractivity contribution in [3.8, 4) is 5.69 Å². The summed E-state index contributed by atoms with van der Waals surface area (Å²) in [5, 5.41) is 9.03. The number of fused-ring (bicyclic) bond motifs is 1. The summed E-state index contributed by atoms with van der Waals surface area (Å²) in [5.41, 5.74) is 9.10. The zero-order valence-electron chi connectivity index (χ0n) is 14.8. The maximum Gasteiger partial charge on any atom is 0.225 e. The number of carbonyl (C=O) groups is 1. The van der Waals surface area contributed by atoms with Crippen molar-refractivity contribution >= 4 is 5.91 Å². The molecule has 3 aromatic rings. The monoisotopic (exact) mass is 350 g/mol. The highest BCUT2D eigenvalue weighted by molar-refractivity contribution is 5.75. The van der Waals surface area contributed by atoms with Gasteiger partial charge in [-0.25, -0.2) is 9.67 Å². The largest absolute Gasteiger partial charge is 0.369 e. The van der Waals surface area contributed by atoms with Crippen LogP contribution < -0.4 is 5.73 Å². The fourth-order valence-corrected chi connectivity index (χ4v) is 3.74. The number of hydrogen-bond acceptors (Lipinski definition) is 4. The Morgan fingerprint density at radius 2 is 2.19 bits per heavy atom. The number of rotatable bonds is 6. The molecule has 2 heterocycles. The standard InChI is InChI=1S/C19H22N6O/c1-2-15(24-11-5-10-21-24)19-22-18(12-17(20)26)23-25(19)16-9-4-7-13-6-3-8-14(13)16/h4-5,7,9-11,15H,2-3,6,8,12H2,1H3,(H2,20,26)/t15-/m0/s1. The Kier molecular flexibility index (Phi) is 4.28. The third-order valence-corrected chi connectivity index (χ3v) is 4.89. The molecule has 0 bridgehead atoms. The summed E-state index contributed by atoms with van der Waals surface area (Å²) in [6, 6.07) is 8.15. The Hall–Kier alpha value is -2.96. The summed E-state index contributed by atoms with van der Waals surface area (Å²) in [6.45, 7) is 2.09. The van der Waals surface area contributed by atoms with Crippen molar-refractivity contribution in [1.29, 1.82) is 0 Å². The van der Waals surface area contributed by atoms with Crippen LogP contribution in [0, 0.1) is 0 Å². The third-order valence-electron chi connectivity index (χ3n) is 4.89. The molecule has 0 saturated heterocycles. The SMILES string of the molecule is CC[C@@H](c1nc(CC(N)=O)nn1-c1cccc2c1CCC2)n1cccn1. The van der Waals surface area contributed by atoms with Gasteiger partial charge in [-0.15, -0.1) is 0 Å². The van der Waals surface area contributed by atoms with E-state index in [1.807, 2.05) is 21.6 Å². The van der Waals surface area contributed by atoms with Crippen molar-refractivity contribution in [3.05, 3.63) is 59.4 Å². The van der Waals surface area contributed by atoms with Gasteiger partial charge >= 0.3 is 0 Å². The van der Waals surface area contributed by atoms with Gasteiger partial charge in [-0.2, -0.15) is 10.2 Å². The molecule has 26 heavy (non-hydrogen) atoms. The van der Waals surface area contributed by atoms with Crippen LogP contribution in [-0.4, -0.2) is 30.5 Å². The van der Waals surface area contributed by atoms with E-state index < -0.39 is 5.91 Å². The maximum absolute atomic E-state index is 11.4. The number of aromatic nitrogens is 5. The highest BCUT2D eigenvalue weighted by Crippen LogP contribution is 2.30. The van der Waals surface area contributed by atoms with E-state index in [1.54, 1.807) is 6.20 Å². The number of amides is 1. The molecule has 1 aromatic carbocycles. The molecule has 2 aromatic heterocycles. The number of hydrogen-bond donors (Lipinski definition) is 1. The number of benzene rings is 1. The average Bonchev–Trinajstić information content (AvgIpc) is 3.35. The number of carbonyl (C=O) groups excluding carboxylic acids is 1. The van der Waals surface area contributed by atoms with Gasteiger partial charge in [0, 0.05) is 12.4 Å². The van der Waals surface area contributed by atoms with E-state index in [0.717, 1.165) is 37.2 Å². The molecule has 1 amide bonds. The van der Waals surface area contributed by atoms with E-state index in [1.165, 1.54) is 11.1 Å². The molecule has 1 aliphatic carbocycles. The minimum atomic E-state index is -0.431. The van der Waals surface area contributed by atoms with E-state index in [0.29, 0.717) is 5.82 Å². The molecule has 134 valence electrons. The minimum absolute atomic E-state index is 0.0323. The van der Waals surface area contributed by atoms with Crippen LogP contribution in [0.3, 0.4) is 0 Å². The molecular formula is C19H22N6O. The van der Waals surface area contributed by atoms with Gasteiger partial charge in [0.2, 0.25) is 5.91 Å². The second kappa shape index (κ2) is 6.74. The van der Waals surface area contributed by atoms with Crippen molar-refractivity contribution in [2.75, 3.05) is 0 Å². The minimum Gasteiger partial charge on any atom is -0.369 e. The van der Waals surface area contributed by atoms with E-state index >= 15 is 0 Å². The molecule has 0 fully saturated rings.